The summed E-state index contributed by atoms with van der Waals surface area (Å²) in [5.41, 5.74) is 2.94. The maximum Gasteiger partial charge on any atom is 0.225 e. The van der Waals surface area contributed by atoms with E-state index in [9.17, 15) is 9.59 Å². The predicted octanol–water partition coefficient (Wildman–Crippen LogP) is 3.06. The number of fused-ring (bicyclic) bond motifs is 1. The van der Waals surface area contributed by atoms with E-state index >= 15 is 0 Å². The van der Waals surface area contributed by atoms with Gasteiger partial charge in [0.15, 0.2) is 0 Å². The second-order valence-corrected chi connectivity index (χ2v) is 8.50. The summed E-state index contributed by atoms with van der Waals surface area (Å²) in [6.07, 6.45) is 9.97. The molecule has 0 bridgehead atoms. The van der Waals surface area contributed by atoms with Crippen molar-refractivity contribution < 1.29 is 9.59 Å². The van der Waals surface area contributed by atoms with E-state index in [1.165, 1.54) is 6.42 Å². The van der Waals surface area contributed by atoms with Crippen LogP contribution >= 0.6 is 0 Å². The van der Waals surface area contributed by atoms with Gasteiger partial charge in [0.2, 0.25) is 11.8 Å². The smallest absolute Gasteiger partial charge is 0.225 e. The van der Waals surface area contributed by atoms with Crippen LogP contribution in [0.25, 0.3) is 11.0 Å². The van der Waals surface area contributed by atoms with Crippen molar-refractivity contribution in [2.75, 3.05) is 26.2 Å². The summed E-state index contributed by atoms with van der Waals surface area (Å²) >= 11 is 0. The number of hydrogen-bond acceptors (Lipinski definition) is 4. The number of amides is 2. The maximum absolute atomic E-state index is 13.2. The van der Waals surface area contributed by atoms with Gasteiger partial charge in [-0.15, -0.1) is 0 Å². The van der Waals surface area contributed by atoms with Gasteiger partial charge in [-0.1, -0.05) is 19.3 Å². The Balaban J connectivity index is 1.55. The Morgan fingerprint density at radius 3 is 2.55 bits per heavy atom. The third-order valence-corrected chi connectivity index (χ3v) is 6.40. The fourth-order valence-corrected chi connectivity index (χ4v) is 4.84. The van der Waals surface area contributed by atoms with E-state index < -0.39 is 0 Å². The van der Waals surface area contributed by atoms with Crippen LogP contribution in [0.2, 0.25) is 0 Å². The summed E-state index contributed by atoms with van der Waals surface area (Å²) in [5, 5.41) is 0. The zero-order valence-electron chi connectivity index (χ0n) is 17.2. The molecular formula is C23H30N4O2. The molecule has 0 spiro atoms. The quantitative estimate of drug-likeness (QED) is 0.802. The van der Waals surface area contributed by atoms with Gasteiger partial charge in [-0.3, -0.25) is 19.6 Å². The van der Waals surface area contributed by atoms with Crippen LogP contribution in [0.4, 0.5) is 0 Å². The fourth-order valence-electron chi connectivity index (χ4n) is 4.84. The van der Waals surface area contributed by atoms with Crippen molar-refractivity contribution in [2.24, 2.45) is 11.8 Å². The minimum atomic E-state index is 0.0830. The van der Waals surface area contributed by atoms with Crippen LogP contribution in [0.5, 0.6) is 0 Å². The fraction of sp³-hybridized carbons (Fsp3) is 0.565. The van der Waals surface area contributed by atoms with Crippen LogP contribution in [-0.4, -0.2) is 57.8 Å². The topological polar surface area (TPSA) is 66.4 Å². The minimum absolute atomic E-state index is 0.0830. The molecule has 1 atom stereocenters. The second-order valence-electron chi connectivity index (χ2n) is 8.50. The summed E-state index contributed by atoms with van der Waals surface area (Å²) in [4.78, 5) is 38.2. The molecule has 1 saturated heterocycles. The molecule has 0 N–H and O–H groups in total. The van der Waals surface area contributed by atoms with Crippen molar-refractivity contribution in [3.05, 3.63) is 36.2 Å². The van der Waals surface area contributed by atoms with Gasteiger partial charge >= 0.3 is 0 Å². The third kappa shape index (κ3) is 4.57. The first-order valence-electron chi connectivity index (χ1n) is 10.8. The molecule has 2 aliphatic rings. The number of nitrogens with zero attached hydrogens (tertiary/aromatic N) is 4. The lowest BCUT2D eigenvalue weighted by molar-refractivity contribution is -0.137. The van der Waals surface area contributed by atoms with E-state index in [-0.39, 0.29) is 23.7 Å². The molecule has 0 radical (unpaired) electrons. The Kier molecular flexibility index (Phi) is 6.07. The molecular weight excluding hydrogens is 364 g/mol. The number of pyridine rings is 2. The molecule has 2 amide bonds. The van der Waals surface area contributed by atoms with Gasteiger partial charge in [0.05, 0.1) is 11.0 Å². The average Bonchev–Trinajstić information content (AvgIpc) is 2.97. The van der Waals surface area contributed by atoms with E-state index in [1.54, 1.807) is 13.1 Å². The van der Waals surface area contributed by atoms with Crippen LogP contribution in [0.3, 0.4) is 0 Å². The predicted molar refractivity (Wildman–Crippen MR) is 112 cm³/mol. The molecule has 154 valence electrons. The normalized spacial score (nSPS) is 21.2. The molecule has 6 heteroatoms. The van der Waals surface area contributed by atoms with Gasteiger partial charge in [-0.05, 0) is 48.9 Å². The summed E-state index contributed by atoms with van der Waals surface area (Å²) in [6.45, 7) is 4.27. The Hall–Kier alpha value is -2.50. The van der Waals surface area contributed by atoms with Gasteiger partial charge in [0.25, 0.3) is 0 Å². The zero-order chi connectivity index (χ0) is 20.2. The highest BCUT2D eigenvalue weighted by Gasteiger charge is 2.31. The summed E-state index contributed by atoms with van der Waals surface area (Å²) in [5.74, 6) is 0.732. The molecule has 6 nitrogen and oxygen atoms in total. The molecule has 3 heterocycles. The number of hydrogen-bond donors (Lipinski definition) is 0. The van der Waals surface area contributed by atoms with Crippen LogP contribution in [0, 0.1) is 11.8 Å². The van der Waals surface area contributed by atoms with E-state index in [0.29, 0.717) is 26.2 Å². The molecule has 29 heavy (non-hydrogen) atoms. The van der Waals surface area contributed by atoms with Gasteiger partial charge in [-0.25, -0.2) is 0 Å². The molecule has 1 aliphatic heterocycles. The number of carbonyl (C=O) groups is 2. The van der Waals surface area contributed by atoms with Crippen molar-refractivity contribution >= 4 is 22.8 Å². The van der Waals surface area contributed by atoms with Crippen molar-refractivity contribution in [1.82, 2.24) is 19.8 Å². The minimum Gasteiger partial charge on any atom is -0.341 e. The molecule has 0 aromatic carbocycles. The zero-order valence-corrected chi connectivity index (χ0v) is 17.2. The Labute approximate surface area is 172 Å². The molecule has 2 fully saturated rings. The highest BCUT2D eigenvalue weighted by Crippen LogP contribution is 2.27. The Morgan fingerprint density at radius 2 is 1.76 bits per heavy atom. The van der Waals surface area contributed by atoms with Crippen molar-refractivity contribution in [2.45, 2.75) is 45.4 Å². The summed E-state index contributed by atoms with van der Waals surface area (Å²) in [6, 6.07) is 5.89. The van der Waals surface area contributed by atoms with Crippen LogP contribution in [-0.2, 0) is 16.0 Å². The second kappa shape index (κ2) is 8.89. The SMILES string of the molecule is CC(=O)N1CCN(C(=O)C2CCCCC2)C[C@@H](Cc2ccnc3cccnc23)C1. The highest BCUT2D eigenvalue weighted by atomic mass is 16.2. The first kappa shape index (κ1) is 19.8. The van der Waals surface area contributed by atoms with E-state index in [0.717, 1.165) is 48.7 Å². The van der Waals surface area contributed by atoms with Gasteiger partial charge in [0.1, 0.15) is 0 Å². The Morgan fingerprint density at radius 1 is 1.00 bits per heavy atom. The number of rotatable bonds is 3. The van der Waals surface area contributed by atoms with Gasteiger partial charge in [-0.2, -0.15) is 0 Å². The molecule has 1 saturated carbocycles. The molecule has 2 aromatic heterocycles. The van der Waals surface area contributed by atoms with Gasteiger partial charge < -0.3 is 9.80 Å². The molecule has 4 rings (SSSR count). The first-order valence-corrected chi connectivity index (χ1v) is 10.8. The standard InChI is InChI=1S/C23H30N4O2/c1-17(28)26-12-13-27(23(29)19-6-3-2-4-7-19)16-18(15-26)14-20-9-11-24-21-8-5-10-25-22(20)21/h5,8-11,18-19H,2-4,6-7,12-16H2,1H3/t18-/m0/s1. The van der Waals surface area contributed by atoms with Crippen LogP contribution in [0.1, 0.15) is 44.6 Å². The molecule has 2 aromatic rings. The maximum atomic E-state index is 13.2. The van der Waals surface area contributed by atoms with Crippen molar-refractivity contribution in [1.29, 1.82) is 0 Å². The number of aromatic nitrogens is 2. The summed E-state index contributed by atoms with van der Waals surface area (Å²) < 4.78 is 0. The van der Waals surface area contributed by atoms with E-state index in [4.69, 9.17) is 0 Å². The first-order chi connectivity index (χ1) is 14.1. The largest absolute Gasteiger partial charge is 0.341 e. The highest BCUT2D eigenvalue weighted by molar-refractivity contribution is 5.80. The van der Waals surface area contributed by atoms with Crippen molar-refractivity contribution in [3.8, 4) is 0 Å². The Bertz CT molecular complexity index is 873. The van der Waals surface area contributed by atoms with E-state index in [2.05, 4.69) is 9.97 Å². The monoisotopic (exact) mass is 394 g/mol. The van der Waals surface area contributed by atoms with Crippen LogP contribution < -0.4 is 0 Å². The molecule has 0 unspecified atom stereocenters. The van der Waals surface area contributed by atoms with Crippen molar-refractivity contribution in [3.63, 3.8) is 0 Å². The van der Waals surface area contributed by atoms with Crippen LogP contribution in [0.15, 0.2) is 30.6 Å². The lowest BCUT2D eigenvalue weighted by Gasteiger charge is -2.30. The lowest BCUT2D eigenvalue weighted by atomic mass is 9.88. The average molecular weight is 395 g/mol. The summed E-state index contributed by atoms with van der Waals surface area (Å²) in [7, 11) is 0. The van der Waals surface area contributed by atoms with E-state index in [1.807, 2.05) is 34.2 Å². The number of carbonyl (C=O) groups excluding carboxylic acids is 2. The van der Waals surface area contributed by atoms with Gasteiger partial charge in [0, 0.05) is 51.4 Å². The molecule has 1 aliphatic carbocycles. The third-order valence-electron chi connectivity index (χ3n) is 6.40. The lowest BCUT2D eigenvalue weighted by Crippen LogP contribution is -2.41.